The molecule has 0 unspecified atom stereocenters. The van der Waals surface area contributed by atoms with E-state index in [4.69, 9.17) is 9.26 Å². The molecular formula is C16H21N5O3. The van der Waals surface area contributed by atoms with Crippen molar-refractivity contribution in [3.63, 3.8) is 0 Å². The number of aromatic nitrogens is 3. The van der Waals surface area contributed by atoms with Crippen LogP contribution in [0, 0.1) is 0 Å². The van der Waals surface area contributed by atoms with E-state index < -0.39 is 0 Å². The second kappa shape index (κ2) is 7.87. The molecule has 0 aromatic carbocycles. The highest BCUT2D eigenvalue weighted by Gasteiger charge is 2.28. The third kappa shape index (κ3) is 4.51. The van der Waals surface area contributed by atoms with Gasteiger partial charge < -0.3 is 19.5 Å². The summed E-state index contributed by atoms with van der Waals surface area (Å²) in [5.41, 5.74) is 0.956. The van der Waals surface area contributed by atoms with Gasteiger partial charge in [0.15, 0.2) is 5.82 Å². The Morgan fingerprint density at radius 1 is 1.50 bits per heavy atom. The van der Waals surface area contributed by atoms with Crippen LogP contribution in [-0.2, 0) is 17.8 Å². The summed E-state index contributed by atoms with van der Waals surface area (Å²) in [6.07, 6.45) is 5.67. The molecule has 1 fully saturated rings. The Kier molecular flexibility index (Phi) is 5.37. The van der Waals surface area contributed by atoms with Gasteiger partial charge in [-0.15, -0.1) is 0 Å². The van der Waals surface area contributed by atoms with Crippen LogP contribution in [0.4, 0.5) is 4.79 Å². The van der Waals surface area contributed by atoms with E-state index in [2.05, 4.69) is 20.4 Å². The lowest BCUT2D eigenvalue weighted by atomic mass is 10.2. The second-order valence-electron chi connectivity index (χ2n) is 5.75. The van der Waals surface area contributed by atoms with E-state index in [1.165, 1.54) is 0 Å². The van der Waals surface area contributed by atoms with Crippen LogP contribution in [0.2, 0.25) is 0 Å². The first-order valence-corrected chi connectivity index (χ1v) is 7.99. The molecule has 8 nitrogen and oxygen atoms in total. The molecule has 2 aromatic rings. The zero-order valence-electron chi connectivity index (χ0n) is 13.6. The van der Waals surface area contributed by atoms with E-state index in [0.29, 0.717) is 31.5 Å². The van der Waals surface area contributed by atoms with Gasteiger partial charge in [0.2, 0.25) is 5.89 Å². The molecule has 0 atom stereocenters. The molecule has 2 heterocycles. The lowest BCUT2D eigenvalue weighted by Crippen LogP contribution is -2.41. The van der Waals surface area contributed by atoms with E-state index in [0.717, 1.165) is 24.2 Å². The molecule has 8 heteroatoms. The quantitative estimate of drug-likeness (QED) is 0.791. The van der Waals surface area contributed by atoms with Crippen LogP contribution in [-0.4, -0.2) is 46.3 Å². The summed E-state index contributed by atoms with van der Waals surface area (Å²) in [7, 11) is 1.61. The predicted molar refractivity (Wildman–Crippen MR) is 85.0 cm³/mol. The summed E-state index contributed by atoms with van der Waals surface area (Å²) in [6.45, 7) is 1.61. The molecule has 0 aliphatic heterocycles. The maximum atomic E-state index is 12.4. The average Bonchev–Trinajstić information content (AvgIpc) is 3.36. The highest BCUT2D eigenvalue weighted by Crippen LogP contribution is 2.38. The molecule has 1 saturated carbocycles. The maximum Gasteiger partial charge on any atom is 0.318 e. The first kappa shape index (κ1) is 16.4. The van der Waals surface area contributed by atoms with Crippen molar-refractivity contribution >= 4 is 6.03 Å². The van der Waals surface area contributed by atoms with E-state index in [9.17, 15) is 4.79 Å². The van der Waals surface area contributed by atoms with E-state index in [-0.39, 0.29) is 12.6 Å². The highest BCUT2D eigenvalue weighted by atomic mass is 16.5. The molecule has 24 heavy (non-hydrogen) atoms. The lowest BCUT2D eigenvalue weighted by Gasteiger charge is -2.22. The molecule has 0 bridgehead atoms. The van der Waals surface area contributed by atoms with Crippen molar-refractivity contribution in [3.8, 4) is 0 Å². The van der Waals surface area contributed by atoms with Gasteiger partial charge in [0.1, 0.15) is 0 Å². The third-order valence-electron chi connectivity index (χ3n) is 3.77. The zero-order chi connectivity index (χ0) is 16.8. The van der Waals surface area contributed by atoms with Crippen LogP contribution in [0.15, 0.2) is 29.0 Å². The van der Waals surface area contributed by atoms with Crippen LogP contribution >= 0.6 is 0 Å². The van der Waals surface area contributed by atoms with E-state index in [1.54, 1.807) is 24.4 Å². The van der Waals surface area contributed by atoms with Gasteiger partial charge in [0.05, 0.1) is 13.2 Å². The van der Waals surface area contributed by atoms with Gasteiger partial charge in [-0.3, -0.25) is 4.98 Å². The number of rotatable bonds is 8. The van der Waals surface area contributed by atoms with Gasteiger partial charge in [0.25, 0.3) is 0 Å². The number of carbonyl (C=O) groups is 1. The molecular weight excluding hydrogens is 310 g/mol. The van der Waals surface area contributed by atoms with Gasteiger partial charge >= 0.3 is 6.03 Å². The Bertz CT molecular complexity index is 657. The average molecular weight is 331 g/mol. The summed E-state index contributed by atoms with van der Waals surface area (Å²) in [5, 5.41) is 6.75. The number of nitrogens with zero attached hydrogens (tertiary/aromatic N) is 4. The van der Waals surface area contributed by atoms with Crippen molar-refractivity contribution in [2.24, 2.45) is 0 Å². The molecule has 3 rings (SSSR count). The number of methoxy groups -OCH3 is 1. The summed E-state index contributed by atoms with van der Waals surface area (Å²) in [5.74, 6) is 1.60. The van der Waals surface area contributed by atoms with Crippen molar-refractivity contribution in [1.29, 1.82) is 0 Å². The van der Waals surface area contributed by atoms with Gasteiger partial charge in [0, 0.05) is 38.5 Å². The molecule has 128 valence electrons. The van der Waals surface area contributed by atoms with E-state index in [1.807, 2.05) is 12.1 Å². The van der Waals surface area contributed by atoms with Crippen molar-refractivity contribution in [2.75, 3.05) is 20.3 Å². The largest absolute Gasteiger partial charge is 0.383 e. The second-order valence-corrected chi connectivity index (χ2v) is 5.75. The van der Waals surface area contributed by atoms with E-state index >= 15 is 0 Å². The molecule has 2 aromatic heterocycles. The third-order valence-corrected chi connectivity index (χ3v) is 3.77. The minimum Gasteiger partial charge on any atom is -0.383 e. The first-order chi connectivity index (χ1) is 11.8. The first-order valence-electron chi connectivity index (χ1n) is 7.99. The number of nitrogens with one attached hydrogen (secondary N) is 1. The predicted octanol–water partition coefficient (Wildman–Crippen LogP) is 1.70. The molecule has 1 aliphatic rings. The molecule has 0 saturated heterocycles. The zero-order valence-corrected chi connectivity index (χ0v) is 13.6. The Labute approximate surface area is 140 Å². The number of pyridine rings is 1. The van der Waals surface area contributed by atoms with Gasteiger partial charge in [-0.2, -0.15) is 4.98 Å². The number of urea groups is 1. The van der Waals surface area contributed by atoms with Crippen molar-refractivity contribution in [1.82, 2.24) is 25.3 Å². The topological polar surface area (TPSA) is 93.4 Å². The summed E-state index contributed by atoms with van der Waals surface area (Å²) >= 11 is 0. The van der Waals surface area contributed by atoms with Crippen molar-refractivity contribution < 1.29 is 14.1 Å². The normalized spacial score (nSPS) is 13.7. The number of amides is 2. The van der Waals surface area contributed by atoms with Gasteiger partial charge in [-0.1, -0.05) is 11.2 Å². The lowest BCUT2D eigenvalue weighted by molar-refractivity contribution is 0.145. The molecule has 2 amide bonds. The Morgan fingerprint density at radius 3 is 3.08 bits per heavy atom. The highest BCUT2D eigenvalue weighted by molar-refractivity contribution is 5.74. The summed E-state index contributed by atoms with van der Waals surface area (Å²) < 4.78 is 10.2. The minimum absolute atomic E-state index is 0.206. The van der Waals surface area contributed by atoms with Crippen molar-refractivity contribution in [2.45, 2.75) is 31.8 Å². The monoisotopic (exact) mass is 331 g/mol. The number of hydrogen-bond donors (Lipinski definition) is 1. The Balaban J connectivity index is 1.55. The summed E-state index contributed by atoms with van der Waals surface area (Å²) in [6, 6.07) is 3.57. The molecule has 1 N–H and O–H groups in total. The minimum atomic E-state index is -0.206. The van der Waals surface area contributed by atoms with Crippen LogP contribution in [0.5, 0.6) is 0 Å². The fourth-order valence-electron chi connectivity index (χ4n) is 2.28. The standard InChI is InChI=1S/C16H21N5O3/c1-23-8-7-21(11-12-3-2-6-17-9-12)16(22)18-10-14-19-15(20-24-14)13-4-5-13/h2-3,6,9,13H,4-5,7-8,10-11H2,1H3,(H,18,22). The van der Waals surface area contributed by atoms with Crippen molar-refractivity contribution in [3.05, 3.63) is 41.8 Å². The fourth-order valence-corrected chi connectivity index (χ4v) is 2.28. The smallest absolute Gasteiger partial charge is 0.318 e. The van der Waals surface area contributed by atoms with Crippen LogP contribution in [0.3, 0.4) is 0 Å². The summed E-state index contributed by atoms with van der Waals surface area (Å²) in [4.78, 5) is 22.5. The maximum absolute atomic E-state index is 12.4. The van der Waals surface area contributed by atoms with Crippen LogP contribution < -0.4 is 5.32 Å². The number of carbonyl (C=O) groups excluding carboxylic acids is 1. The molecule has 0 spiro atoms. The molecule has 0 radical (unpaired) electrons. The fraction of sp³-hybridized carbons (Fsp3) is 0.500. The number of ether oxygens (including phenoxy) is 1. The Hall–Kier alpha value is -2.48. The van der Waals surface area contributed by atoms with Crippen LogP contribution in [0.1, 0.15) is 36.0 Å². The molecule has 1 aliphatic carbocycles. The van der Waals surface area contributed by atoms with Gasteiger partial charge in [-0.25, -0.2) is 4.79 Å². The Morgan fingerprint density at radius 2 is 2.38 bits per heavy atom. The number of hydrogen-bond acceptors (Lipinski definition) is 6. The SMILES string of the molecule is COCCN(Cc1cccnc1)C(=O)NCc1nc(C2CC2)no1. The van der Waals surface area contributed by atoms with Gasteiger partial charge in [-0.05, 0) is 24.5 Å². The van der Waals surface area contributed by atoms with Crippen LogP contribution in [0.25, 0.3) is 0 Å².